The van der Waals surface area contributed by atoms with Gasteiger partial charge in [-0.1, -0.05) is 0 Å². The van der Waals surface area contributed by atoms with E-state index in [1.165, 1.54) is 0 Å². The van der Waals surface area contributed by atoms with Crippen LogP contribution in [0.15, 0.2) is 24.3 Å². The lowest BCUT2D eigenvalue weighted by molar-refractivity contribution is 0.244. The first-order valence-corrected chi connectivity index (χ1v) is 5.91. The van der Waals surface area contributed by atoms with E-state index in [1.807, 2.05) is 20.8 Å². The average molecular weight is 264 g/mol. The van der Waals surface area contributed by atoms with Crippen LogP contribution in [0.2, 0.25) is 0 Å². The first-order valence-electron chi connectivity index (χ1n) is 5.91. The fraction of sp³-hybridized carbons (Fsp3) is 0.385. The standard InChI is InChI=1S/C13H20N4O2/c1-13(2,3)17-12(18)16-9-4-6-10(7-5-9)19-8-11(14)15/h4-7H,8H2,1-3H3,(H3,14,15)(H2,16,17,18). The maximum Gasteiger partial charge on any atom is 0.319 e. The van der Waals surface area contributed by atoms with E-state index in [0.717, 1.165) is 0 Å². The molecule has 6 heteroatoms. The Morgan fingerprint density at radius 3 is 2.37 bits per heavy atom. The average Bonchev–Trinajstić information content (AvgIpc) is 2.25. The molecule has 0 unspecified atom stereocenters. The topological polar surface area (TPSA) is 100 Å². The van der Waals surface area contributed by atoms with Crippen LogP contribution in [0.3, 0.4) is 0 Å². The van der Waals surface area contributed by atoms with Gasteiger partial charge < -0.3 is 21.1 Å². The lowest BCUT2D eigenvalue weighted by Crippen LogP contribution is -2.43. The molecular formula is C13H20N4O2. The van der Waals surface area contributed by atoms with E-state index in [-0.39, 0.29) is 24.0 Å². The Bertz CT molecular complexity index is 449. The van der Waals surface area contributed by atoms with Crippen LogP contribution in [-0.2, 0) is 0 Å². The highest BCUT2D eigenvalue weighted by Crippen LogP contribution is 2.15. The third kappa shape index (κ3) is 6.30. The molecule has 0 aromatic heterocycles. The predicted octanol–water partition coefficient (Wildman–Crippen LogP) is 1.92. The Hall–Kier alpha value is -2.24. The summed E-state index contributed by atoms with van der Waals surface area (Å²) < 4.78 is 5.23. The van der Waals surface area contributed by atoms with Gasteiger partial charge in [0.25, 0.3) is 0 Å². The number of carbonyl (C=O) groups is 1. The maximum absolute atomic E-state index is 11.6. The summed E-state index contributed by atoms with van der Waals surface area (Å²) in [7, 11) is 0. The number of amides is 2. The number of rotatable bonds is 4. The lowest BCUT2D eigenvalue weighted by atomic mass is 10.1. The predicted molar refractivity (Wildman–Crippen MR) is 75.8 cm³/mol. The maximum atomic E-state index is 11.6. The summed E-state index contributed by atoms with van der Waals surface area (Å²) in [6.45, 7) is 5.78. The fourth-order valence-corrected chi connectivity index (χ4v) is 1.30. The van der Waals surface area contributed by atoms with Crippen LogP contribution in [0.25, 0.3) is 0 Å². The second-order valence-corrected chi connectivity index (χ2v) is 5.17. The molecule has 0 aliphatic rings. The normalized spacial score (nSPS) is 10.7. The summed E-state index contributed by atoms with van der Waals surface area (Å²) in [5, 5.41) is 12.6. The molecule has 6 nitrogen and oxygen atoms in total. The van der Waals surface area contributed by atoms with E-state index in [9.17, 15) is 4.79 Å². The van der Waals surface area contributed by atoms with Crippen LogP contribution in [0.1, 0.15) is 20.8 Å². The van der Waals surface area contributed by atoms with Gasteiger partial charge in [0.1, 0.15) is 18.2 Å². The van der Waals surface area contributed by atoms with E-state index < -0.39 is 0 Å². The van der Waals surface area contributed by atoms with Crippen LogP contribution in [0.4, 0.5) is 10.5 Å². The number of benzene rings is 1. The van der Waals surface area contributed by atoms with Crippen molar-refractivity contribution in [3.63, 3.8) is 0 Å². The minimum Gasteiger partial charge on any atom is -0.486 e. The van der Waals surface area contributed by atoms with Crippen LogP contribution in [-0.4, -0.2) is 24.0 Å². The van der Waals surface area contributed by atoms with E-state index in [2.05, 4.69) is 10.6 Å². The van der Waals surface area contributed by atoms with Crippen LogP contribution >= 0.6 is 0 Å². The lowest BCUT2D eigenvalue weighted by Gasteiger charge is -2.20. The molecule has 5 N–H and O–H groups in total. The first-order chi connectivity index (χ1) is 8.76. The Kier molecular flexibility index (Phi) is 4.74. The van der Waals surface area contributed by atoms with Crippen molar-refractivity contribution >= 4 is 17.6 Å². The minimum absolute atomic E-state index is 0.0354. The number of nitrogens with one attached hydrogen (secondary N) is 3. The summed E-state index contributed by atoms with van der Waals surface area (Å²) in [6, 6.07) is 6.59. The Balaban J connectivity index is 2.52. The highest BCUT2D eigenvalue weighted by Gasteiger charge is 2.13. The second kappa shape index (κ2) is 6.08. The molecule has 19 heavy (non-hydrogen) atoms. The van der Waals surface area contributed by atoms with Gasteiger partial charge in [0.2, 0.25) is 0 Å². The zero-order valence-corrected chi connectivity index (χ0v) is 11.4. The molecule has 2 amide bonds. The van der Waals surface area contributed by atoms with Gasteiger partial charge >= 0.3 is 6.03 Å². The Morgan fingerprint density at radius 1 is 1.32 bits per heavy atom. The molecule has 1 aromatic rings. The van der Waals surface area contributed by atoms with Crippen molar-refractivity contribution in [2.75, 3.05) is 11.9 Å². The Labute approximate surface area is 112 Å². The van der Waals surface area contributed by atoms with Gasteiger partial charge in [-0.15, -0.1) is 0 Å². The van der Waals surface area contributed by atoms with Gasteiger partial charge in [0.05, 0.1) is 0 Å². The van der Waals surface area contributed by atoms with Crippen LogP contribution in [0.5, 0.6) is 5.75 Å². The minimum atomic E-state index is -0.283. The van der Waals surface area contributed by atoms with Crippen molar-refractivity contribution < 1.29 is 9.53 Å². The molecule has 0 fully saturated rings. The van der Waals surface area contributed by atoms with Crippen molar-refractivity contribution in [2.24, 2.45) is 5.73 Å². The third-order valence-corrected chi connectivity index (χ3v) is 2.00. The molecule has 0 aliphatic heterocycles. The van der Waals surface area contributed by atoms with Crippen molar-refractivity contribution in [2.45, 2.75) is 26.3 Å². The van der Waals surface area contributed by atoms with Crippen molar-refractivity contribution in [3.05, 3.63) is 24.3 Å². The quantitative estimate of drug-likeness (QED) is 0.493. The zero-order valence-electron chi connectivity index (χ0n) is 11.4. The third-order valence-electron chi connectivity index (χ3n) is 2.00. The summed E-state index contributed by atoms with van der Waals surface area (Å²) >= 11 is 0. The SMILES string of the molecule is CC(C)(C)NC(=O)Nc1ccc(OCC(=N)N)cc1. The van der Waals surface area contributed by atoms with Crippen molar-refractivity contribution in [3.8, 4) is 5.75 Å². The van der Waals surface area contributed by atoms with E-state index in [0.29, 0.717) is 11.4 Å². The number of carbonyl (C=O) groups excluding carboxylic acids is 1. The monoisotopic (exact) mass is 264 g/mol. The summed E-state index contributed by atoms with van der Waals surface area (Å²) in [5.74, 6) is 0.559. The number of nitrogens with two attached hydrogens (primary N) is 1. The number of hydrogen-bond acceptors (Lipinski definition) is 3. The van der Waals surface area contributed by atoms with E-state index >= 15 is 0 Å². The molecule has 0 bridgehead atoms. The summed E-state index contributed by atoms with van der Waals surface area (Å²) in [6.07, 6.45) is 0. The molecular weight excluding hydrogens is 244 g/mol. The number of ether oxygens (including phenoxy) is 1. The molecule has 1 aromatic carbocycles. The number of anilines is 1. The fourth-order valence-electron chi connectivity index (χ4n) is 1.30. The van der Waals surface area contributed by atoms with Gasteiger partial charge in [-0.2, -0.15) is 0 Å². The van der Waals surface area contributed by atoms with Gasteiger partial charge in [-0.3, -0.25) is 5.41 Å². The van der Waals surface area contributed by atoms with E-state index in [4.69, 9.17) is 15.9 Å². The highest BCUT2D eigenvalue weighted by atomic mass is 16.5. The largest absolute Gasteiger partial charge is 0.486 e. The molecule has 0 heterocycles. The zero-order chi connectivity index (χ0) is 14.5. The van der Waals surface area contributed by atoms with Gasteiger partial charge in [0, 0.05) is 11.2 Å². The molecule has 1 rings (SSSR count). The molecule has 0 spiro atoms. The van der Waals surface area contributed by atoms with Crippen molar-refractivity contribution in [1.82, 2.24) is 5.32 Å². The van der Waals surface area contributed by atoms with Crippen LogP contribution in [0, 0.1) is 5.41 Å². The molecule has 0 saturated heterocycles. The van der Waals surface area contributed by atoms with Gasteiger partial charge in [-0.05, 0) is 45.0 Å². The number of hydrogen-bond donors (Lipinski definition) is 4. The highest BCUT2D eigenvalue weighted by molar-refractivity contribution is 5.89. The number of amidine groups is 1. The summed E-state index contributed by atoms with van der Waals surface area (Å²) in [4.78, 5) is 11.6. The van der Waals surface area contributed by atoms with Gasteiger partial charge in [0.15, 0.2) is 0 Å². The Morgan fingerprint density at radius 2 is 1.89 bits per heavy atom. The van der Waals surface area contributed by atoms with Crippen LogP contribution < -0.4 is 21.1 Å². The molecule has 0 radical (unpaired) electrons. The summed E-state index contributed by atoms with van der Waals surface area (Å²) in [5.41, 5.74) is 5.57. The second-order valence-electron chi connectivity index (χ2n) is 5.17. The van der Waals surface area contributed by atoms with Gasteiger partial charge in [-0.25, -0.2) is 4.79 Å². The number of urea groups is 1. The molecule has 0 saturated carbocycles. The van der Waals surface area contributed by atoms with E-state index in [1.54, 1.807) is 24.3 Å². The molecule has 0 atom stereocenters. The van der Waals surface area contributed by atoms with Crippen molar-refractivity contribution in [1.29, 1.82) is 5.41 Å². The smallest absolute Gasteiger partial charge is 0.319 e. The molecule has 0 aliphatic carbocycles. The first kappa shape index (κ1) is 14.8. The molecule has 104 valence electrons.